The van der Waals surface area contributed by atoms with Crippen LogP contribution in [0.4, 0.5) is 0 Å². The fourth-order valence-corrected chi connectivity index (χ4v) is 3.05. The number of carboxylic acids is 1. The van der Waals surface area contributed by atoms with E-state index < -0.39 is 35.2 Å². The van der Waals surface area contributed by atoms with E-state index in [-0.39, 0.29) is 12.8 Å². The summed E-state index contributed by atoms with van der Waals surface area (Å²) in [7, 11) is 0. The van der Waals surface area contributed by atoms with Crippen LogP contribution >= 0.6 is 0 Å². The molecule has 0 bridgehead atoms. The highest BCUT2D eigenvalue weighted by Crippen LogP contribution is 2.44. The number of rotatable bonds is 16. The first-order chi connectivity index (χ1) is 13.8. The van der Waals surface area contributed by atoms with Gasteiger partial charge in [-0.15, -0.1) is 0 Å². The third kappa shape index (κ3) is 9.45. The van der Waals surface area contributed by atoms with E-state index >= 15 is 0 Å². The van der Waals surface area contributed by atoms with Gasteiger partial charge in [-0.05, 0) is 12.8 Å². The van der Waals surface area contributed by atoms with Crippen molar-refractivity contribution in [1.29, 1.82) is 0 Å². The van der Waals surface area contributed by atoms with Crippen LogP contribution in [0.15, 0.2) is 0 Å². The number of nitrogens with zero attached hydrogens (tertiary/aromatic N) is 1. The Balaban J connectivity index is 1.95. The summed E-state index contributed by atoms with van der Waals surface area (Å²) < 4.78 is 0.291. The number of hydrogen-bond acceptors (Lipinski definition) is 7. The first-order valence-corrected chi connectivity index (χ1v) is 10.3. The van der Waals surface area contributed by atoms with Gasteiger partial charge in [-0.2, -0.15) is 0 Å². The quantitative estimate of drug-likeness (QED) is 0.256. The van der Waals surface area contributed by atoms with E-state index in [9.17, 15) is 30.0 Å². The molecule has 0 aromatic carbocycles. The van der Waals surface area contributed by atoms with Crippen LogP contribution in [-0.2, 0) is 9.59 Å². The average Bonchev–Trinajstić information content (AvgIpc) is 2.86. The Kier molecular flexibility index (Phi) is 11.4. The zero-order valence-corrected chi connectivity index (χ0v) is 16.8. The van der Waals surface area contributed by atoms with Crippen LogP contribution in [0, 0.1) is 0 Å². The molecular weight excluding hydrogens is 382 g/mol. The summed E-state index contributed by atoms with van der Waals surface area (Å²) in [6, 6.07) is 0. The summed E-state index contributed by atoms with van der Waals surface area (Å²) in [6.07, 6.45) is 12.6. The van der Waals surface area contributed by atoms with E-state index in [0.717, 1.165) is 51.4 Å². The Morgan fingerprint density at radius 3 is 1.34 bits per heavy atom. The molecule has 166 valence electrons. The number of aliphatic carboxylic acids is 1. The molecule has 1 aromatic heterocycles. The van der Waals surface area contributed by atoms with Crippen LogP contribution in [-0.4, -0.2) is 42.2 Å². The van der Waals surface area contributed by atoms with Crippen LogP contribution < -0.4 is 4.84 Å². The van der Waals surface area contributed by atoms with Crippen molar-refractivity contribution in [2.75, 3.05) is 0 Å². The topological polar surface area (TPSA) is 149 Å². The van der Waals surface area contributed by atoms with Crippen molar-refractivity contribution >= 4 is 11.9 Å². The zero-order valence-electron chi connectivity index (χ0n) is 16.8. The van der Waals surface area contributed by atoms with Gasteiger partial charge < -0.3 is 30.4 Å². The van der Waals surface area contributed by atoms with E-state index in [2.05, 4.69) is 0 Å². The van der Waals surface area contributed by atoms with Crippen LogP contribution in [0.5, 0.6) is 23.3 Å². The molecule has 0 aliphatic carbocycles. The van der Waals surface area contributed by atoms with Gasteiger partial charge in [0.1, 0.15) is 0 Å². The highest BCUT2D eigenvalue weighted by atomic mass is 16.7. The highest BCUT2D eigenvalue weighted by Gasteiger charge is 2.24. The molecule has 0 aliphatic heterocycles. The number of unbranched alkanes of at least 4 members (excludes halogenated alkanes) is 11. The molecule has 5 N–H and O–H groups in total. The minimum Gasteiger partial charge on any atom is -0.500 e. The van der Waals surface area contributed by atoms with Gasteiger partial charge in [0.25, 0.3) is 11.8 Å². The number of hydrogen-bond donors (Lipinski definition) is 5. The Morgan fingerprint density at radius 2 is 0.966 bits per heavy atom. The standard InChI is InChI=1S/C20H33NO8/c22-15(23)13-11-9-7-5-3-1-2-4-6-8-10-12-14-16(24)29-21-19(27)17(25)18(26)20(21)28/h25-28H,1-14H2,(H,22,23). The minimum absolute atomic E-state index is 0.0977. The lowest BCUT2D eigenvalue weighted by atomic mass is 10.0. The number of carbonyl (C=O) groups is 2. The third-order valence-electron chi connectivity index (χ3n) is 4.75. The Labute approximate surface area is 170 Å². The molecule has 1 rings (SSSR count). The van der Waals surface area contributed by atoms with Gasteiger partial charge in [0.05, 0.1) is 0 Å². The normalized spacial score (nSPS) is 10.9. The van der Waals surface area contributed by atoms with Crippen molar-refractivity contribution < 1.29 is 40.0 Å². The van der Waals surface area contributed by atoms with Gasteiger partial charge >= 0.3 is 11.9 Å². The van der Waals surface area contributed by atoms with Crippen LogP contribution in [0.2, 0.25) is 0 Å². The summed E-state index contributed by atoms with van der Waals surface area (Å²) in [4.78, 5) is 26.8. The highest BCUT2D eigenvalue weighted by molar-refractivity contribution is 5.70. The maximum atomic E-state index is 11.7. The van der Waals surface area contributed by atoms with Crippen LogP contribution in [0.25, 0.3) is 0 Å². The van der Waals surface area contributed by atoms with Gasteiger partial charge in [0.15, 0.2) is 0 Å². The largest absolute Gasteiger partial charge is 0.500 e. The molecule has 0 unspecified atom stereocenters. The van der Waals surface area contributed by atoms with Crippen molar-refractivity contribution in [2.24, 2.45) is 0 Å². The second-order valence-electron chi connectivity index (χ2n) is 7.24. The van der Waals surface area contributed by atoms with Crippen molar-refractivity contribution in [1.82, 2.24) is 4.73 Å². The molecule has 0 radical (unpaired) electrons. The maximum Gasteiger partial charge on any atom is 0.333 e. The molecule has 0 amide bonds. The fourth-order valence-electron chi connectivity index (χ4n) is 3.05. The summed E-state index contributed by atoms with van der Waals surface area (Å²) in [6.45, 7) is 0. The molecule has 9 heteroatoms. The molecule has 0 atom stereocenters. The van der Waals surface area contributed by atoms with E-state index in [0.29, 0.717) is 11.2 Å². The summed E-state index contributed by atoms with van der Waals surface area (Å²) in [5, 5.41) is 45.9. The fraction of sp³-hybridized carbons (Fsp3) is 0.700. The van der Waals surface area contributed by atoms with Crippen molar-refractivity contribution in [3.05, 3.63) is 0 Å². The maximum absolute atomic E-state index is 11.7. The Hall–Kier alpha value is -2.58. The lowest BCUT2D eigenvalue weighted by molar-refractivity contribution is -0.145. The molecule has 0 spiro atoms. The average molecular weight is 415 g/mol. The second kappa shape index (κ2) is 13.6. The first kappa shape index (κ1) is 24.5. The third-order valence-corrected chi connectivity index (χ3v) is 4.75. The number of aromatic hydroxyl groups is 4. The van der Waals surface area contributed by atoms with Gasteiger partial charge in [-0.3, -0.25) is 4.79 Å². The van der Waals surface area contributed by atoms with Crippen molar-refractivity contribution in [3.63, 3.8) is 0 Å². The van der Waals surface area contributed by atoms with Gasteiger partial charge in [0, 0.05) is 12.8 Å². The molecule has 0 saturated carbocycles. The van der Waals surface area contributed by atoms with Gasteiger partial charge in [-0.25, -0.2) is 4.79 Å². The SMILES string of the molecule is O=C(O)CCCCCCCCCCCCCCC(=O)On1c(O)c(O)c(O)c1O. The number of carbonyl (C=O) groups excluding carboxylic acids is 1. The second-order valence-corrected chi connectivity index (χ2v) is 7.24. The molecule has 29 heavy (non-hydrogen) atoms. The molecule has 1 aromatic rings. The van der Waals surface area contributed by atoms with E-state index in [1.807, 2.05) is 0 Å². The van der Waals surface area contributed by atoms with Gasteiger partial charge in [0.2, 0.25) is 11.5 Å². The summed E-state index contributed by atoms with van der Waals surface area (Å²) in [5.41, 5.74) is 0. The van der Waals surface area contributed by atoms with Crippen LogP contribution in [0.1, 0.15) is 89.9 Å². The number of aromatic nitrogens is 1. The smallest absolute Gasteiger partial charge is 0.333 e. The predicted octanol–water partition coefficient (Wildman–Crippen LogP) is 3.81. The lowest BCUT2D eigenvalue weighted by Crippen LogP contribution is -2.18. The number of carboxylic acid groups (broad SMARTS) is 1. The van der Waals surface area contributed by atoms with Crippen LogP contribution in [0.3, 0.4) is 0 Å². The summed E-state index contributed by atoms with van der Waals surface area (Å²) in [5.74, 6) is -5.18. The summed E-state index contributed by atoms with van der Waals surface area (Å²) >= 11 is 0. The van der Waals surface area contributed by atoms with Crippen molar-refractivity contribution in [3.8, 4) is 23.3 Å². The van der Waals surface area contributed by atoms with E-state index in [1.54, 1.807) is 0 Å². The molecule has 0 fully saturated rings. The molecule has 0 aliphatic rings. The molecule has 9 nitrogen and oxygen atoms in total. The molecule has 0 saturated heterocycles. The monoisotopic (exact) mass is 415 g/mol. The predicted molar refractivity (Wildman–Crippen MR) is 105 cm³/mol. The van der Waals surface area contributed by atoms with E-state index in [1.165, 1.54) is 19.3 Å². The first-order valence-electron chi connectivity index (χ1n) is 10.3. The Bertz CT molecular complexity index is 615. The van der Waals surface area contributed by atoms with Crippen molar-refractivity contribution in [2.45, 2.75) is 89.9 Å². The zero-order chi connectivity index (χ0) is 21.6. The van der Waals surface area contributed by atoms with E-state index in [4.69, 9.17) is 9.94 Å². The lowest BCUT2D eigenvalue weighted by Gasteiger charge is -2.06. The molecular formula is C20H33NO8. The minimum atomic E-state index is -0.950. The molecule has 1 heterocycles. The van der Waals surface area contributed by atoms with Gasteiger partial charge in [-0.1, -0.05) is 68.9 Å². The Morgan fingerprint density at radius 1 is 0.621 bits per heavy atom.